The highest BCUT2D eigenvalue weighted by Gasteiger charge is 2.10. The zero-order valence-electron chi connectivity index (χ0n) is 9.89. The minimum absolute atomic E-state index is 0.499. The first kappa shape index (κ1) is 14.5. The Bertz CT molecular complexity index is 392. The summed E-state index contributed by atoms with van der Waals surface area (Å²) in [7, 11) is 0. The molecule has 0 saturated carbocycles. The molecule has 0 spiro atoms. The summed E-state index contributed by atoms with van der Waals surface area (Å²) in [6.07, 6.45) is 0.878. The second-order valence-corrected chi connectivity index (χ2v) is 4.70. The average Bonchev–Trinajstić information content (AvgIpc) is 2.53. The highest BCUT2D eigenvalue weighted by atomic mass is 35.5. The van der Waals surface area contributed by atoms with Crippen LogP contribution in [0.25, 0.3) is 0 Å². The number of aromatic nitrogens is 2. The fourth-order valence-corrected chi connectivity index (χ4v) is 1.97. The van der Waals surface area contributed by atoms with Gasteiger partial charge in [-0.1, -0.05) is 23.2 Å². The van der Waals surface area contributed by atoms with E-state index in [2.05, 4.69) is 15.7 Å². The highest BCUT2D eigenvalue weighted by Crippen LogP contribution is 2.24. The SMILES string of the molecule is CCNC(=S)NCCCn1nc(C)c(Cl)c1Cl. The van der Waals surface area contributed by atoms with Crippen molar-refractivity contribution in [1.82, 2.24) is 20.4 Å². The van der Waals surface area contributed by atoms with E-state index in [1.165, 1.54) is 0 Å². The van der Waals surface area contributed by atoms with Crippen LogP contribution in [-0.4, -0.2) is 28.0 Å². The second-order valence-electron chi connectivity index (χ2n) is 3.55. The highest BCUT2D eigenvalue weighted by molar-refractivity contribution is 7.80. The van der Waals surface area contributed by atoms with E-state index in [0.717, 1.165) is 25.2 Å². The van der Waals surface area contributed by atoms with E-state index in [1.54, 1.807) is 4.68 Å². The zero-order valence-corrected chi connectivity index (χ0v) is 12.2. The second kappa shape index (κ2) is 7.03. The van der Waals surface area contributed by atoms with E-state index >= 15 is 0 Å². The lowest BCUT2D eigenvalue weighted by Gasteiger charge is -2.08. The van der Waals surface area contributed by atoms with Gasteiger partial charge in [0.25, 0.3) is 0 Å². The molecule has 1 aromatic rings. The molecule has 0 unspecified atom stereocenters. The van der Waals surface area contributed by atoms with Crippen LogP contribution < -0.4 is 10.6 Å². The molecular weight excluding hydrogens is 279 g/mol. The van der Waals surface area contributed by atoms with Gasteiger partial charge in [0.1, 0.15) is 10.2 Å². The van der Waals surface area contributed by atoms with Crippen molar-refractivity contribution in [2.45, 2.75) is 26.8 Å². The van der Waals surface area contributed by atoms with Crippen LogP contribution in [0.5, 0.6) is 0 Å². The van der Waals surface area contributed by atoms with Crippen molar-refractivity contribution in [1.29, 1.82) is 0 Å². The largest absolute Gasteiger partial charge is 0.363 e. The van der Waals surface area contributed by atoms with Crippen LogP contribution >= 0.6 is 35.4 Å². The lowest BCUT2D eigenvalue weighted by Crippen LogP contribution is -2.35. The van der Waals surface area contributed by atoms with Crippen LogP contribution in [0.4, 0.5) is 0 Å². The molecule has 0 aromatic carbocycles. The third-order valence-electron chi connectivity index (χ3n) is 2.17. The summed E-state index contributed by atoms with van der Waals surface area (Å²) in [6, 6.07) is 0. The van der Waals surface area contributed by atoms with Crippen molar-refractivity contribution in [3.63, 3.8) is 0 Å². The minimum Gasteiger partial charge on any atom is -0.363 e. The van der Waals surface area contributed by atoms with Gasteiger partial charge in [-0.2, -0.15) is 5.10 Å². The van der Waals surface area contributed by atoms with E-state index < -0.39 is 0 Å². The molecule has 0 radical (unpaired) electrons. The van der Waals surface area contributed by atoms with Gasteiger partial charge >= 0.3 is 0 Å². The maximum Gasteiger partial charge on any atom is 0.166 e. The number of rotatable bonds is 5. The monoisotopic (exact) mass is 294 g/mol. The van der Waals surface area contributed by atoms with Crippen molar-refractivity contribution < 1.29 is 0 Å². The molecule has 7 heteroatoms. The Morgan fingerprint density at radius 3 is 2.65 bits per heavy atom. The Balaban J connectivity index is 2.31. The van der Waals surface area contributed by atoms with Crippen LogP contribution in [0.15, 0.2) is 0 Å². The topological polar surface area (TPSA) is 41.9 Å². The van der Waals surface area contributed by atoms with Gasteiger partial charge in [0, 0.05) is 19.6 Å². The van der Waals surface area contributed by atoms with Gasteiger partial charge in [-0.05, 0) is 32.5 Å². The quantitative estimate of drug-likeness (QED) is 0.646. The van der Waals surface area contributed by atoms with E-state index in [9.17, 15) is 0 Å². The van der Waals surface area contributed by atoms with E-state index in [4.69, 9.17) is 35.4 Å². The lowest BCUT2D eigenvalue weighted by molar-refractivity contribution is 0.569. The van der Waals surface area contributed by atoms with Crippen molar-refractivity contribution in [3.8, 4) is 0 Å². The van der Waals surface area contributed by atoms with Crippen molar-refractivity contribution >= 4 is 40.5 Å². The smallest absolute Gasteiger partial charge is 0.166 e. The number of thiocarbonyl (C=S) groups is 1. The number of hydrogen-bond acceptors (Lipinski definition) is 2. The summed E-state index contributed by atoms with van der Waals surface area (Å²) < 4.78 is 1.71. The van der Waals surface area contributed by atoms with Gasteiger partial charge in [0.15, 0.2) is 5.11 Å². The van der Waals surface area contributed by atoms with Crippen LogP contribution in [-0.2, 0) is 6.54 Å². The van der Waals surface area contributed by atoms with Gasteiger partial charge in [-0.3, -0.25) is 4.68 Å². The summed E-state index contributed by atoms with van der Waals surface area (Å²) in [4.78, 5) is 0. The van der Waals surface area contributed by atoms with E-state index in [1.807, 2.05) is 13.8 Å². The fourth-order valence-electron chi connectivity index (χ4n) is 1.33. The van der Waals surface area contributed by atoms with Crippen LogP contribution in [0.1, 0.15) is 19.0 Å². The first-order chi connectivity index (χ1) is 8.06. The first-order valence-electron chi connectivity index (χ1n) is 5.46. The molecule has 0 fully saturated rings. The molecule has 1 heterocycles. The molecule has 1 rings (SSSR count). The molecule has 0 atom stereocenters. The molecule has 0 aliphatic rings. The van der Waals surface area contributed by atoms with Gasteiger partial charge in [-0.15, -0.1) is 0 Å². The Labute approximate surface area is 117 Å². The van der Waals surface area contributed by atoms with Crippen LogP contribution in [0.3, 0.4) is 0 Å². The molecule has 4 nitrogen and oxygen atoms in total. The first-order valence-corrected chi connectivity index (χ1v) is 6.62. The zero-order chi connectivity index (χ0) is 12.8. The van der Waals surface area contributed by atoms with Gasteiger partial charge in [0.2, 0.25) is 0 Å². The van der Waals surface area contributed by atoms with E-state index in [-0.39, 0.29) is 0 Å². The Hall–Kier alpha value is -0.520. The lowest BCUT2D eigenvalue weighted by atomic mass is 10.4. The van der Waals surface area contributed by atoms with Crippen molar-refractivity contribution in [3.05, 3.63) is 15.9 Å². The summed E-state index contributed by atoms with van der Waals surface area (Å²) in [5.41, 5.74) is 0.757. The Kier molecular flexibility index (Phi) is 6.02. The fraction of sp³-hybridized carbons (Fsp3) is 0.600. The number of nitrogens with one attached hydrogen (secondary N) is 2. The van der Waals surface area contributed by atoms with Crippen molar-refractivity contribution in [2.75, 3.05) is 13.1 Å². The standard InChI is InChI=1S/C10H16Cl2N4S/c1-3-13-10(17)14-5-4-6-16-9(12)8(11)7(2)15-16/h3-6H2,1-2H3,(H2,13,14,17). The number of aryl methyl sites for hydroxylation is 2. The molecule has 0 saturated heterocycles. The maximum absolute atomic E-state index is 6.02. The molecule has 0 bridgehead atoms. The average molecular weight is 295 g/mol. The molecule has 0 amide bonds. The van der Waals surface area contributed by atoms with Crippen LogP contribution in [0.2, 0.25) is 10.2 Å². The Morgan fingerprint density at radius 2 is 2.12 bits per heavy atom. The normalized spacial score (nSPS) is 10.4. The maximum atomic E-state index is 6.02. The molecular formula is C10H16Cl2N4S. The third kappa shape index (κ3) is 4.33. The molecule has 17 heavy (non-hydrogen) atoms. The summed E-state index contributed by atoms with van der Waals surface area (Å²) >= 11 is 17.0. The molecule has 1 aromatic heterocycles. The molecule has 0 aliphatic heterocycles. The molecule has 2 N–H and O–H groups in total. The predicted molar refractivity (Wildman–Crippen MR) is 75.9 cm³/mol. The summed E-state index contributed by atoms with van der Waals surface area (Å²) in [6.45, 7) is 6.16. The number of hydrogen-bond donors (Lipinski definition) is 2. The summed E-state index contributed by atoms with van der Waals surface area (Å²) in [5, 5.41) is 12.1. The Morgan fingerprint density at radius 1 is 1.41 bits per heavy atom. The van der Waals surface area contributed by atoms with Gasteiger partial charge < -0.3 is 10.6 Å². The van der Waals surface area contributed by atoms with Gasteiger partial charge in [-0.25, -0.2) is 0 Å². The molecule has 0 aliphatic carbocycles. The van der Waals surface area contributed by atoms with E-state index in [0.29, 0.717) is 21.8 Å². The van der Waals surface area contributed by atoms with Crippen molar-refractivity contribution in [2.24, 2.45) is 0 Å². The van der Waals surface area contributed by atoms with Crippen LogP contribution in [0, 0.1) is 6.92 Å². The minimum atomic E-state index is 0.499. The molecule has 96 valence electrons. The summed E-state index contributed by atoms with van der Waals surface area (Å²) in [5.74, 6) is 0. The predicted octanol–water partition coefficient (Wildman–Crippen LogP) is 2.37. The van der Waals surface area contributed by atoms with Gasteiger partial charge in [0.05, 0.1) is 5.69 Å². The number of halogens is 2. The number of nitrogens with zero attached hydrogens (tertiary/aromatic N) is 2. The third-order valence-corrected chi connectivity index (χ3v) is 3.39.